The van der Waals surface area contributed by atoms with E-state index in [9.17, 15) is 18.3 Å². The minimum absolute atomic E-state index is 0.0690. The molecule has 4 rings (SSSR count). The van der Waals surface area contributed by atoms with Crippen molar-refractivity contribution in [2.75, 3.05) is 12.3 Å². The van der Waals surface area contributed by atoms with E-state index in [1.807, 2.05) is 18.2 Å². The highest BCUT2D eigenvalue weighted by molar-refractivity contribution is 9.10. The van der Waals surface area contributed by atoms with Crippen LogP contribution in [-0.4, -0.2) is 46.9 Å². The molecule has 0 saturated carbocycles. The third-order valence-corrected chi connectivity index (χ3v) is 8.69. The fraction of sp³-hybridized carbons (Fsp3) is 0.316. The second-order valence-corrected chi connectivity index (χ2v) is 11.8. The van der Waals surface area contributed by atoms with Gasteiger partial charge in [0.1, 0.15) is 17.2 Å². The van der Waals surface area contributed by atoms with Crippen molar-refractivity contribution >= 4 is 65.6 Å². The van der Waals surface area contributed by atoms with Gasteiger partial charge in [0.25, 0.3) is 0 Å². The summed E-state index contributed by atoms with van der Waals surface area (Å²) < 4.78 is 33.8. The van der Waals surface area contributed by atoms with Gasteiger partial charge in [-0.05, 0) is 50.2 Å². The predicted molar refractivity (Wildman–Crippen MR) is 113 cm³/mol. The molecular weight excluding hydrogens is 466 g/mol. The molecule has 9 heteroatoms. The molecule has 0 unspecified atom stereocenters. The Balaban J connectivity index is 1.85. The number of aliphatic carboxylic acids is 1. The number of benzene rings is 2. The first-order valence-corrected chi connectivity index (χ1v) is 11.8. The summed E-state index contributed by atoms with van der Waals surface area (Å²) in [5.74, 6) is -0.596. The van der Waals surface area contributed by atoms with Crippen LogP contribution >= 0.6 is 27.7 Å². The normalized spacial score (nSPS) is 20.6. The van der Waals surface area contributed by atoms with Crippen molar-refractivity contribution < 1.29 is 22.7 Å². The van der Waals surface area contributed by atoms with Crippen LogP contribution in [0.3, 0.4) is 0 Å². The summed E-state index contributed by atoms with van der Waals surface area (Å²) in [6.07, 6.45) is 0. The van der Waals surface area contributed by atoms with Gasteiger partial charge in [0.05, 0.1) is 4.90 Å². The average Bonchev–Trinajstić information content (AvgIpc) is 2.96. The minimum atomic E-state index is -3.99. The van der Waals surface area contributed by atoms with Gasteiger partial charge in [-0.25, -0.2) is 8.42 Å². The van der Waals surface area contributed by atoms with E-state index in [4.69, 9.17) is 4.42 Å². The van der Waals surface area contributed by atoms with E-state index in [0.717, 1.165) is 14.2 Å². The SMILES string of the molecule is CC1(C)SCCN(S(=O)(=O)c2ccc3oc4cc(Br)ccc4c3c2)[C@H]1C(=O)O. The molecule has 1 saturated heterocycles. The molecule has 1 aromatic heterocycles. The van der Waals surface area contributed by atoms with Crippen molar-refractivity contribution in [3.63, 3.8) is 0 Å². The Morgan fingerprint density at radius 1 is 1.21 bits per heavy atom. The number of hydrogen-bond acceptors (Lipinski definition) is 5. The van der Waals surface area contributed by atoms with Crippen molar-refractivity contribution in [1.82, 2.24) is 4.31 Å². The lowest BCUT2D eigenvalue weighted by Gasteiger charge is -2.42. The maximum Gasteiger partial charge on any atom is 0.323 e. The molecule has 1 aliphatic heterocycles. The van der Waals surface area contributed by atoms with Crippen molar-refractivity contribution in [1.29, 1.82) is 0 Å². The van der Waals surface area contributed by atoms with Crippen LogP contribution < -0.4 is 0 Å². The number of halogens is 1. The highest BCUT2D eigenvalue weighted by Gasteiger charge is 2.48. The van der Waals surface area contributed by atoms with Gasteiger partial charge < -0.3 is 9.52 Å². The van der Waals surface area contributed by atoms with Gasteiger partial charge in [0.15, 0.2) is 0 Å². The topological polar surface area (TPSA) is 87.8 Å². The summed E-state index contributed by atoms with van der Waals surface area (Å²) >= 11 is 4.87. The summed E-state index contributed by atoms with van der Waals surface area (Å²) in [5.41, 5.74) is 1.23. The van der Waals surface area contributed by atoms with E-state index in [1.165, 1.54) is 17.8 Å². The summed E-state index contributed by atoms with van der Waals surface area (Å²) in [5, 5.41) is 11.2. The van der Waals surface area contributed by atoms with E-state index < -0.39 is 26.8 Å². The number of thioether (sulfide) groups is 1. The van der Waals surface area contributed by atoms with Crippen LogP contribution in [0.2, 0.25) is 0 Å². The van der Waals surface area contributed by atoms with Crippen molar-refractivity contribution in [3.8, 4) is 0 Å². The third kappa shape index (κ3) is 3.14. The van der Waals surface area contributed by atoms with Gasteiger partial charge in [-0.1, -0.05) is 15.9 Å². The molecule has 0 radical (unpaired) electrons. The van der Waals surface area contributed by atoms with Crippen LogP contribution in [0.25, 0.3) is 21.9 Å². The Kier molecular flexibility index (Phi) is 4.77. The Bertz CT molecular complexity index is 1200. The molecule has 148 valence electrons. The maximum absolute atomic E-state index is 13.4. The third-order valence-electron chi connectivity index (χ3n) is 4.98. The zero-order chi connectivity index (χ0) is 20.3. The number of carbonyl (C=O) groups is 1. The monoisotopic (exact) mass is 483 g/mol. The number of carboxylic acid groups (broad SMARTS) is 1. The number of hydrogen-bond donors (Lipinski definition) is 1. The number of fused-ring (bicyclic) bond motifs is 3. The summed E-state index contributed by atoms with van der Waals surface area (Å²) in [4.78, 5) is 12.0. The molecule has 6 nitrogen and oxygen atoms in total. The molecule has 1 atom stereocenters. The van der Waals surface area contributed by atoms with E-state index in [2.05, 4.69) is 15.9 Å². The summed E-state index contributed by atoms with van der Waals surface area (Å²) in [6, 6.07) is 9.08. The molecular formula is C19H18BrNO5S2. The van der Waals surface area contributed by atoms with Gasteiger partial charge in [-0.3, -0.25) is 4.79 Å². The van der Waals surface area contributed by atoms with Crippen LogP contribution in [0, 0.1) is 0 Å². The smallest absolute Gasteiger partial charge is 0.323 e. The lowest BCUT2D eigenvalue weighted by molar-refractivity contribution is -0.142. The first-order chi connectivity index (χ1) is 13.1. The van der Waals surface area contributed by atoms with Crippen molar-refractivity contribution in [2.45, 2.75) is 29.5 Å². The summed E-state index contributed by atoms with van der Waals surface area (Å²) in [7, 11) is -3.99. The van der Waals surface area contributed by atoms with Crippen LogP contribution in [-0.2, 0) is 14.8 Å². The molecule has 2 heterocycles. The second kappa shape index (κ2) is 6.76. The fourth-order valence-corrected chi connectivity index (χ4v) is 7.12. The largest absolute Gasteiger partial charge is 0.480 e. The molecule has 0 amide bonds. The lowest BCUT2D eigenvalue weighted by Crippen LogP contribution is -2.58. The summed E-state index contributed by atoms with van der Waals surface area (Å²) in [6.45, 7) is 3.69. The molecule has 1 aliphatic rings. The molecule has 28 heavy (non-hydrogen) atoms. The van der Waals surface area contributed by atoms with Gasteiger partial charge >= 0.3 is 5.97 Å². The number of rotatable bonds is 3. The number of nitrogens with zero attached hydrogens (tertiary/aromatic N) is 1. The minimum Gasteiger partial charge on any atom is -0.480 e. The fourth-order valence-electron chi connectivity index (χ4n) is 3.66. The van der Waals surface area contributed by atoms with E-state index in [-0.39, 0.29) is 11.4 Å². The van der Waals surface area contributed by atoms with Crippen LogP contribution in [0.15, 0.2) is 50.2 Å². The number of sulfonamides is 1. The van der Waals surface area contributed by atoms with E-state index in [0.29, 0.717) is 22.3 Å². The first-order valence-electron chi connectivity index (χ1n) is 8.62. The molecule has 1 fully saturated rings. The molecule has 0 bridgehead atoms. The average molecular weight is 484 g/mol. The number of furan rings is 1. The van der Waals surface area contributed by atoms with Crippen LogP contribution in [0.4, 0.5) is 0 Å². The zero-order valence-corrected chi connectivity index (χ0v) is 18.4. The highest BCUT2D eigenvalue weighted by atomic mass is 79.9. The van der Waals surface area contributed by atoms with Crippen LogP contribution in [0.1, 0.15) is 13.8 Å². The highest BCUT2D eigenvalue weighted by Crippen LogP contribution is 2.39. The van der Waals surface area contributed by atoms with Crippen molar-refractivity contribution in [2.24, 2.45) is 0 Å². The van der Waals surface area contributed by atoms with Crippen molar-refractivity contribution in [3.05, 3.63) is 40.9 Å². The second-order valence-electron chi connectivity index (χ2n) is 7.21. The quantitative estimate of drug-likeness (QED) is 0.596. The lowest BCUT2D eigenvalue weighted by atomic mass is 10.0. The van der Waals surface area contributed by atoms with Gasteiger partial charge in [-0.15, -0.1) is 0 Å². The van der Waals surface area contributed by atoms with Gasteiger partial charge in [0, 0.05) is 32.3 Å². The standard InChI is InChI=1S/C19H18BrNO5S2/c1-19(2)17(18(22)23)21(7-8-27-19)28(24,25)12-4-6-15-14(10-12)13-5-3-11(20)9-16(13)26-15/h3-6,9-10,17H,7-8H2,1-2H3,(H,22,23)/t17-/m0/s1. The van der Waals surface area contributed by atoms with Crippen LogP contribution in [0.5, 0.6) is 0 Å². The number of carboxylic acids is 1. The Hall–Kier alpha value is -1.55. The van der Waals surface area contributed by atoms with Gasteiger partial charge in [-0.2, -0.15) is 16.1 Å². The molecule has 0 aliphatic carbocycles. The molecule has 3 aromatic rings. The first kappa shape index (κ1) is 19.8. The van der Waals surface area contributed by atoms with E-state index >= 15 is 0 Å². The Labute approximate surface area is 175 Å². The Morgan fingerprint density at radius 2 is 1.96 bits per heavy atom. The molecule has 0 spiro atoms. The molecule has 1 N–H and O–H groups in total. The predicted octanol–water partition coefficient (Wildman–Crippen LogP) is 4.32. The maximum atomic E-state index is 13.4. The Morgan fingerprint density at radius 3 is 2.68 bits per heavy atom. The van der Waals surface area contributed by atoms with E-state index in [1.54, 1.807) is 26.0 Å². The van der Waals surface area contributed by atoms with Gasteiger partial charge in [0.2, 0.25) is 10.0 Å². The molecule has 2 aromatic carbocycles. The zero-order valence-electron chi connectivity index (χ0n) is 15.2.